The van der Waals surface area contributed by atoms with Crippen molar-refractivity contribution in [2.45, 2.75) is 6.42 Å². The Morgan fingerprint density at radius 2 is 2.19 bits per heavy atom. The number of halogens is 2. The number of nitrogens with zero attached hydrogens (tertiary/aromatic N) is 1. The molecule has 0 aromatic carbocycles. The minimum absolute atomic E-state index is 0. The van der Waals surface area contributed by atoms with Gasteiger partial charge in [0.05, 0.1) is 24.9 Å². The minimum Gasteiger partial charge on any atom is -0.480 e. The van der Waals surface area contributed by atoms with Crippen LogP contribution in [0.25, 0.3) is 0 Å². The molecule has 1 saturated heterocycles. The molecule has 0 spiro atoms. The Hall–Kier alpha value is -1.57. The number of rotatable bonds is 4. The second-order valence-corrected chi connectivity index (χ2v) is 4.32. The third-order valence-corrected chi connectivity index (χ3v) is 3.01. The zero-order valence-electron chi connectivity index (χ0n) is 11.4. The first-order valence-corrected chi connectivity index (χ1v) is 5.97. The number of carbonyl (C=O) groups excluding carboxylic acids is 2. The number of nitrogens with one attached hydrogen (secondary N) is 2. The van der Waals surface area contributed by atoms with E-state index in [2.05, 4.69) is 15.6 Å². The Morgan fingerprint density at radius 3 is 2.71 bits per heavy atom. The van der Waals surface area contributed by atoms with Crippen molar-refractivity contribution in [3.05, 3.63) is 17.8 Å². The zero-order valence-corrected chi connectivity index (χ0v) is 13.1. The molecule has 9 heteroatoms. The lowest BCUT2D eigenvalue weighted by Crippen LogP contribution is -2.25. The molecular weight excluding hydrogens is 319 g/mol. The Balaban J connectivity index is 0.00000200. The molecule has 1 aromatic heterocycles. The molecule has 4 N–H and O–H groups in total. The second kappa shape index (κ2) is 8.66. The Morgan fingerprint density at radius 1 is 1.48 bits per heavy atom. The van der Waals surface area contributed by atoms with Crippen molar-refractivity contribution in [3.63, 3.8) is 0 Å². The predicted octanol–water partition coefficient (Wildman–Crippen LogP) is 0.581. The number of hydrogen-bond donors (Lipinski definition) is 3. The number of methoxy groups -OCH3 is 1. The standard InChI is InChI=1S/C12H16N4O3.2ClH/c1-19-12-9(10(13)17)4-8(6-15-12)16-11(18)7-2-3-14-5-7;;/h4,6-7,14H,2-3,5H2,1H3,(H2,13,17)(H,16,18);2*1H. The van der Waals surface area contributed by atoms with E-state index in [0.717, 1.165) is 13.0 Å². The van der Waals surface area contributed by atoms with Crippen molar-refractivity contribution >= 4 is 42.3 Å². The van der Waals surface area contributed by atoms with Crippen molar-refractivity contribution in [3.8, 4) is 5.88 Å². The summed E-state index contributed by atoms with van der Waals surface area (Å²) in [6.07, 6.45) is 2.24. The lowest BCUT2D eigenvalue weighted by atomic mass is 10.1. The molecule has 1 aromatic rings. The highest BCUT2D eigenvalue weighted by molar-refractivity contribution is 5.98. The number of nitrogens with two attached hydrogens (primary N) is 1. The summed E-state index contributed by atoms with van der Waals surface area (Å²) in [4.78, 5) is 27.1. The van der Waals surface area contributed by atoms with Gasteiger partial charge >= 0.3 is 0 Å². The van der Waals surface area contributed by atoms with Crippen molar-refractivity contribution in [1.29, 1.82) is 0 Å². The summed E-state index contributed by atoms with van der Waals surface area (Å²) in [6.45, 7) is 1.50. The number of ether oxygens (including phenoxy) is 1. The van der Waals surface area contributed by atoms with Gasteiger partial charge in [-0.3, -0.25) is 9.59 Å². The quantitative estimate of drug-likeness (QED) is 0.745. The van der Waals surface area contributed by atoms with Crippen LogP contribution in [0.3, 0.4) is 0 Å². The fourth-order valence-corrected chi connectivity index (χ4v) is 1.98. The van der Waals surface area contributed by atoms with Crippen LogP contribution in [0.4, 0.5) is 5.69 Å². The van der Waals surface area contributed by atoms with E-state index in [-0.39, 0.29) is 48.1 Å². The summed E-state index contributed by atoms with van der Waals surface area (Å²) in [7, 11) is 1.40. The molecule has 1 fully saturated rings. The summed E-state index contributed by atoms with van der Waals surface area (Å²) >= 11 is 0. The van der Waals surface area contributed by atoms with Crippen LogP contribution in [0.2, 0.25) is 0 Å². The normalized spacial score (nSPS) is 16.3. The third kappa shape index (κ3) is 4.73. The Kier molecular flexibility index (Phi) is 8.01. The number of anilines is 1. The van der Waals surface area contributed by atoms with Crippen LogP contribution in [0.15, 0.2) is 12.3 Å². The molecule has 1 aliphatic rings. The maximum atomic E-state index is 11.9. The van der Waals surface area contributed by atoms with E-state index in [1.54, 1.807) is 0 Å². The average Bonchev–Trinajstić information content (AvgIpc) is 2.92. The first-order valence-electron chi connectivity index (χ1n) is 5.97. The van der Waals surface area contributed by atoms with E-state index in [1.807, 2.05) is 0 Å². The Bertz CT molecular complexity index is 507. The fourth-order valence-electron chi connectivity index (χ4n) is 1.98. The molecule has 21 heavy (non-hydrogen) atoms. The summed E-state index contributed by atoms with van der Waals surface area (Å²) in [6, 6.07) is 1.47. The maximum absolute atomic E-state index is 11.9. The maximum Gasteiger partial charge on any atom is 0.254 e. The van der Waals surface area contributed by atoms with Gasteiger partial charge < -0.3 is 21.1 Å². The van der Waals surface area contributed by atoms with E-state index in [1.165, 1.54) is 19.4 Å². The number of amides is 2. The molecule has 1 unspecified atom stereocenters. The highest BCUT2D eigenvalue weighted by atomic mass is 35.5. The molecule has 1 aliphatic heterocycles. The van der Waals surface area contributed by atoms with Gasteiger partial charge in [0.15, 0.2) is 0 Å². The van der Waals surface area contributed by atoms with Crippen LogP contribution in [0.5, 0.6) is 5.88 Å². The highest BCUT2D eigenvalue weighted by Gasteiger charge is 2.23. The van der Waals surface area contributed by atoms with Gasteiger partial charge in [0.2, 0.25) is 11.8 Å². The molecule has 0 saturated carbocycles. The summed E-state index contributed by atoms with van der Waals surface area (Å²) in [5.41, 5.74) is 5.81. The molecular formula is C12H18Cl2N4O3. The Labute approximate surface area is 134 Å². The summed E-state index contributed by atoms with van der Waals surface area (Å²) in [5.74, 6) is -0.650. The lowest BCUT2D eigenvalue weighted by molar-refractivity contribution is -0.119. The number of carbonyl (C=O) groups is 2. The van der Waals surface area contributed by atoms with Crippen LogP contribution >= 0.6 is 24.8 Å². The SMILES string of the molecule is COc1ncc(NC(=O)C2CCNC2)cc1C(N)=O.Cl.Cl. The van der Waals surface area contributed by atoms with E-state index in [0.29, 0.717) is 12.2 Å². The van der Waals surface area contributed by atoms with Gasteiger partial charge in [0, 0.05) is 6.54 Å². The van der Waals surface area contributed by atoms with E-state index in [9.17, 15) is 9.59 Å². The second-order valence-electron chi connectivity index (χ2n) is 4.32. The smallest absolute Gasteiger partial charge is 0.254 e. The predicted molar refractivity (Wildman–Crippen MR) is 83.4 cm³/mol. The molecule has 7 nitrogen and oxygen atoms in total. The van der Waals surface area contributed by atoms with E-state index < -0.39 is 5.91 Å². The molecule has 2 amide bonds. The molecule has 118 valence electrons. The topological polar surface area (TPSA) is 106 Å². The van der Waals surface area contributed by atoms with Crippen LogP contribution in [-0.4, -0.2) is 37.0 Å². The summed E-state index contributed by atoms with van der Waals surface area (Å²) < 4.78 is 4.93. The fraction of sp³-hybridized carbons (Fsp3) is 0.417. The zero-order chi connectivity index (χ0) is 13.8. The van der Waals surface area contributed by atoms with Crippen LogP contribution < -0.4 is 21.1 Å². The van der Waals surface area contributed by atoms with Gasteiger partial charge in [-0.15, -0.1) is 24.8 Å². The van der Waals surface area contributed by atoms with E-state index >= 15 is 0 Å². The van der Waals surface area contributed by atoms with Crippen molar-refractivity contribution in [2.24, 2.45) is 11.7 Å². The lowest BCUT2D eigenvalue weighted by Gasteiger charge is -2.11. The molecule has 1 atom stereocenters. The monoisotopic (exact) mass is 336 g/mol. The number of pyridine rings is 1. The molecule has 0 bridgehead atoms. The van der Waals surface area contributed by atoms with Gasteiger partial charge in [0.25, 0.3) is 5.91 Å². The van der Waals surface area contributed by atoms with Gasteiger partial charge in [-0.05, 0) is 19.0 Å². The first-order chi connectivity index (χ1) is 9.11. The molecule has 2 heterocycles. The first kappa shape index (κ1) is 19.4. The minimum atomic E-state index is -0.650. The van der Waals surface area contributed by atoms with Gasteiger partial charge in [-0.25, -0.2) is 4.98 Å². The highest BCUT2D eigenvalue weighted by Crippen LogP contribution is 2.20. The van der Waals surface area contributed by atoms with Crippen molar-refractivity contribution in [1.82, 2.24) is 10.3 Å². The largest absolute Gasteiger partial charge is 0.480 e. The third-order valence-electron chi connectivity index (χ3n) is 3.01. The van der Waals surface area contributed by atoms with Gasteiger partial charge in [0.1, 0.15) is 5.56 Å². The van der Waals surface area contributed by atoms with Gasteiger partial charge in [-0.2, -0.15) is 0 Å². The number of hydrogen-bond acceptors (Lipinski definition) is 5. The number of primary amides is 1. The van der Waals surface area contributed by atoms with Gasteiger partial charge in [-0.1, -0.05) is 0 Å². The molecule has 2 rings (SSSR count). The molecule has 0 aliphatic carbocycles. The van der Waals surface area contributed by atoms with E-state index in [4.69, 9.17) is 10.5 Å². The summed E-state index contributed by atoms with van der Waals surface area (Å²) in [5, 5.41) is 5.84. The van der Waals surface area contributed by atoms with Crippen LogP contribution in [-0.2, 0) is 4.79 Å². The van der Waals surface area contributed by atoms with Crippen LogP contribution in [0.1, 0.15) is 16.8 Å². The van der Waals surface area contributed by atoms with Crippen molar-refractivity contribution < 1.29 is 14.3 Å². The molecule has 0 radical (unpaired) electrons. The van der Waals surface area contributed by atoms with Crippen molar-refractivity contribution in [2.75, 3.05) is 25.5 Å². The number of aromatic nitrogens is 1. The average molecular weight is 337 g/mol. The van der Waals surface area contributed by atoms with Crippen LogP contribution in [0, 0.1) is 5.92 Å².